The number of aromatic nitrogens is 2. The van der Waals surface area contributed by atoms with Crippen molar-refractivity contribution in [3.63, 3.8) is 0 Å². The third kappa shape index (κ3) is 8.73. The van der Waals surface area contributed by atoms with Crippen LogP contribution < -0.4 is 9.67 Å². The summed E-state index contributed by atoms with van der Waals surface area (Å²) in [6, 6.07) is 0. The first kappa shape index (κ1) is 18.7. The Hall–Kier alpha value is -1.32. The van der Waals surface area contributed by atoms with Crippen molar-refractivity contribution in [3.05, 3.63) is 18.7 Å². The smallest absolute Gasteiger partial charge is 0.243 e. The molecule has 1 aromatic rings. The van der Waals surface area contributed by atoms with Gasteiger partial charge in [0.2, 0.25) is 6.33 Å². The van der Waals surface area contributed by atoms with Crippen LogP contribution in [0.5, 0.6) is 0 Å². The maximum Gasteiger partial charge on any atom is 0.243 e. The highest BCUT2D eigenvalue weighted by Gasteiger charge is 2.11. The molecule has 0 fully saturated rings. The van der Waals surface area contributed by atoms with E-state index in [1.54, 1.807) is 0 Å². The van der Waals surface area contributed by atoms with Crippen LogP contribution in [0.4, 0.5) is 0 Å². The van der Waals surface area contributed by atoms with Crippen molar-refractivity contribution < 1.29 is 14.5 Å². The number of hydrogen-bond acceptors (Lipinski definition) is 2. The van der Waals surface area contributed by atoms with E-state index in [0.29, 0.717) is 0 Å². The van der Waals surface area contributed by atoms with Gasteiger partial charge in [0, 0.05) is 6.47 Å². The van der Waals surface area contributed by atoms with Gasteiger partial charge >= 0.3 is 0 Å². The molecule has 20 heavy (non-hydrogen) atoms. The number of unbranched alkanes of at least 4 members (excludes halogenated alkanes) is 2. The SMILES string of the molecule is CCCCC(CC)C[n+]1ccn(CCCC)c1.O=C[O-]. The highest BCUT2D eigenvalue weighted by Crippen LogP contribution is 2.12. The number of imidazole rings is 1. The highest BCUT2D eigenvalue weighted by atomic mass is 16.3. The summed E-state index contributed by atoms with van der Waals surface area (Å²) < 4.78 is 4.68. The molecule has 1 heterocycles. The largest absolute Gasteiger partial charge is 0.554 e. The van der Waals surface area contributed by atoms with Crippen LogP contribution in [0.3, 0.4) is 0 Å². The first-order valence-corrected chi connectivity index (χ1v) is 7.82. The summed E-state index contributed by atoms with van der Waals surface area (Å²) in [5, 5.41) is 8.25. The monoisotopic (exact) mass is 282 g/mol. The number of carbonyl (C=O) groups excluding carboxylic acids is 1. The molecule has 1 rings (SSSR count). The van der Waals surface area contributed by atoms with Gasteiger partial charge in [0.25, 0.3) is 0 Å². The fraction of sp³-hybridized carbons (Fsp3) is 0.750. The van der Waals surface area contributed by atoms with Crippen LogP contribution in [0.15, 0.2) is 18.7 Å². The second-order valence-electron chi connectivity index (χ2n) is 5.21. The van der Waals surface area contributed by atoms with Crippen LogP contribution in [0.2, 0.25) is 0 Å². The zero-order valence-electron chi connectivity index (χ0n) is 13.3. The minimum Gasteiger partial charge on any atom is -0.554 e. The second-order valence-corrected chi connectivity index (χ2v) is 5.21. The molecule has 0 aliphatic carbocycles. The first-order valence-electron chi connectivity index (χ1n) is 7.82. The molecule has 1 aromatic heterocycles. The minimum atomic E-state index is -0.500. The lowest BCUT2D eigenvalue weighted by molar-refractivity contribution is -0.703. The van der Waals surface area contributed by atoms with E-state index in [0.717, 1.165) is 12.5 Å². The van der Waals surface area contributed by atoms with E-state index < -0.39 is 6.47 Å². The van der Waals surface area contributed by atoms with Gasteiger partial charge in [-0.3, -0.25) is 0 Å². The Balaban J connectivity index is 0.00000110. The van der Waals surface area contributed by atoms with E-state index in [2.05, 4.69) is 48.6 Å². The summed E-state index contributed by atoms with van der Waals surface area (Å²) in [5.74, 6) is 0.849. The summed E-state index contributed by atoms with van der Waals surface area (Å²) in [6.07, 6.45) is 14.6. The van der Waals surface area contributed by atoms with Crippen molar-refractivity contribution in [3.8, 4) is 0 Å². The maximum absolute atomic E-state index is 8.25. The summed E-state index contributed by atoms with van der Waals surface area (Å²) in [6.45, 7) is 8.69. The fourth-order valence-corrected chi connectivity index (χ4v) is 2.24. The molecule has 0 saturated heterocycles. The minimum absolute atomic E-state index is 0.500. The fourth-order valence-electron chi connectivity index (χ4n) is 2.24. The Labute approximate surface area is 123 Å². The van der Waals surface area contributed by atoms with Crippen LogP contribution in [0.25, 0.3) is 0 Å². The van der Waals surface area contributed by atoms with Crippen molar-refractivity contribution in [1.82, 2.24) is 4.57 Å². The van der Waals surface area contributed by atoms with Crippen molar-refractivity contribution in [1.29, 1.82) is 0 Å². The molecule has 4 heteroatoms. The van der Waals surface area contributed by atoms with Crippen LogP contribution in [0, 0.1) is 5.92 Å². The number of carboxylic acid groups (broad SMARTS) is 1. The molecule has 0 amide bonds. The quantitative estimate of drug-likeness (QED) is 0.515. The molecule has 0 N–H and O–H groups in total. The van der Waals surface area contributed by atoms with E-state index in [-0.39, 0.29) is 0 Å². The zero-order valence-corrected chi connectivity index (χ0v) is 13.3. The molecule has 0 aliphatic rings. The molecular weight excluding hydrogens is 252 g/mol. The predicted molar refractivity (Wildman–Crippen MR) is 78.9 cm³/mol. The molecule has 0 aliphatic heterocycles. The Kier molecular flexibility index (Phi) is 11.9. The van der Waals surface area contributed by atoms with Gasteiger partial charge in [-0.2, -0.15) is 0 Å². The Morgan fingerprint density at radius 3 is 2.45 bits per heavy atom. The summed E-state index contributed by atoms with van der Waals surface area (Å²) >= 11 is 0. The number of hydrogen-bond donors (Lipinski definition) is 0. The third-order valence-corrected chi connectivity index (χ3v) is 3.53. The molecule has 116 valence electrons. The van der Waals surface area contributed by atoms with Gasteiger partial charge in [-0.1, -0.05) is 40.0 Å². The maximum atomic E-state index is 8.25. The Morgan fingerprint density at radius 2 is 1.90 bits per heavy atom. The molecule has 0 aromatic carbocycles. The Morgan fingerprint density at radius 1 is 1.25 bits per heavy atom. The van der Waals surface area contributed by atoms with Crippen molar-refractivity contribution in [2.75, 3.05) is 0 Å². The molecule has 4 nitrogen and oxygen atoms in total. The van der Waals surface area contributed by atoms with Crippen LogP contribution in [-0.4, -0.2) is 11.0 Å². The normalized spacial score (nSPS) is 11.6. The van der Waals surface area contributed by atoms with E-state index in [9.17, 15) is 0 Å². The topological polar surface area (TPSA) is 48.9 Å². The Bertz CT molecular complexity index is 337. The van der Waals surface area contributed by atoms with Crippen molar-refractivity contribution in [2.24, 2.45) is 5.92 Å². The van der Waals surface area contributed by atoms with Gasteiger partial charge in [0.15, 0.2) is 0 Å². The lowest BCUT2D eigenvalue weighted by Gasteiger charge is -2.11. The average molecular weight is 282 g/mol. The van der Waals surface area contributed by atoms with E-state index >= 15 is 0 Å². The van der Waals surface area contributed by atoms with Crippen LogP contribution >= 0.6 is 0 Å². The zero-order chi connectivity index (χ0) is 15.2. The molecule has 0 saturated carbocycles. The number of nitrogens with zero attached hydrogens (tertiary/aromatic N) is 2. The van der Waals surface area contributed by atoms with Crippen molar-refractivity contribution >= 4 is 6.47 Å². The van der Waals surface area contributed by atoms with Gasteiger partial charge < -0.3 is 9.90 Å². The number of aryl methyl sites for hydroxylation is 1. The molecule has 0 spiro atoms. The standard InChI is InChI=1S/C15H29N2.CH2O2/c1-4-7-9-15(6-3)13-17-12-11-16(14-17)10-8-5-2;2-1-3/h11-12,14-15H,4-10,13H2,1-3H3;1H,(H,2,3)/q+1;/p-1. The highest BCUT2D eigenvalue weighted by molar-refractivity contribution is 5.29. The van der Waals surface area contributed by atoms with Gasteiger partial charge in [0.1, 0.15) is 12.4 Å². The molecule has 1 unspecified atom stereocenters. The van der Waals surface area contributed by atoms with Crippen LogP contribution in [0.1, 0.15) is 59.3 Å². The molecule has 0 bridgehead atoms. The van der Waals surface area contributed by atoms with E-state index in [4.69, 9.17) is 9.90 Å². The van der Waals surface area contributed by atoms with Gasteiger partial charge in [0.05, 0.1) is 13.1 Å². The predicted octanol–water partition coefficient (Wildman–Crippen LogP) is 2.16. The molecule has 0 radical (unpaired) electrons. The number of rotatable bonds is 9. The number of carbonyl (C=O) groups is 1. The van der Waals surface area contributed by atoms with Gasteiger partial charge in [-0.25, -0.2) is 9.13 Å². The average Bonchev–Trinajstić information content (AvgIpc) is 2.89. The lowest BCUT2D eigenvalue weighted by atomic mass is 9.99. The summed E-state index contributed by atoms with van der Waals surface area (Å²) in [4.78, 5) is 8.25. The van der Waals surface area contributed by atoms with Gasteiger partial charge in [-0.05, 0) is 25.2 Å². The lowest BCUT2D eigenvalue weighted by Crippen LogP contribution is -2.35. The van der Waals surface area contributed by atoms with Crippen molar-refractivity contribution in [2.45, 2.75) is 72.4 Å². The first-order chi connectivity index (χ1) is 9.71. The van der Waals surface area contributed by atoms with E-state index in [1.807, 2.05) is 0 Å². The second kappa shape index (κ2) is 12.7. The van der Waals surface area contributed by atoms with E-state index in [1.165, 1.54) is 45.1 Å². The van der Waals surface area contributed by atoms with Gasteiger partial charge in [-0.15, -0.1) is 0 Å². The summed E-state index contributed by atoms with van der Waals surface area (Å²) in [7, 11) is 0. The molecular formula is C16H30N2O2. The molecule has 1 atom stereocenters. The third-order valence-electron chi connectivity index (χ3n) is 3.53. The summed E-state index contributed by atoms with van der Waals surface area (Å²) in [5.41, 5.74) is 0. The van der Waals surface area contributed by atoms with Crippen LogP contribution in [-0.2, 0) is 17.9 Å².